The Morgan fingerprint density at radius 3 is 2.45 bits per heavy atom. The van der Waals surface area contributed by atoms with E-state index >= 15 is 0 Å². The molecule has 122 valence electrons. The number of rotatable bonds is 8. The van der Waals surface area contributed by atoms with E-state index < -0.39 is 11.9 Å². The maximum Gasteiger partial charge on any atom is 0.308 e. The number of carboxylic acid groups (broad SMARTS) is 1. The second-order valence-electron chi connectivity index (χ2n) is 5.81. The molecule has 3 atom stereocenters. The van der Waals surface area contributed by atoms with Crippen LogP contribution in [0.25, 0.3) is 0 Å². The first kappa shape index (κ1) is 18.0. The van der Waals surface area contributed by atoms with Crippen molar-refractivity contribution in [2.24, 2.45) is 11.8 Å². The van der Waals surface area contributed by atoms with Crippen LogP contribution in [0.1, 0.15) is 32.8 Å². The first-order valence-corrected chi connectivity index (χ1v) is 7.49. The van der Waals surface area contributed by atoms with Gasteiger partial charge in [-0.3, -0.25) is 9.59 Å². The summed E-state index contributed by atoms with van der Waals surface area (Å²) in [6, 6.07) is 7.36. The largest absolute Gasteiger partial charge is 0.496 e. The normalized spacial score (nSPS) is 14.7. The fourth-order valence-corrected chi connectivity index (χ4v) is 2.29. The predicted octanol–water partition coefficient (Wildman–Crippen LogP) is 2.49. The highest BCUT2D eigenvalue weighted by molar-refractivity contribution is 5.78. The van der Waals surface area contributed by atoms with Crippen molar-refractivity contribution >= 4 is 11.9 Å². The third kappa shape index (κ3) is 5.39. The Morgan fingerprint density at radius 1 is 1.23 bits per heavy atom. The number of aliphatic carboxylic acids is 1. The van der Waals surface area contributed by atoms with Gasteiger partial charge in [0.1, 0.15) is 5.75 Å². The van der Waals surface area contributed by atoms with E-state index in [2.05, 4.69) is 5.32 Å². The van der Waals surface area contributed by atoms with Crippen LogP contribution in [0, 0.1) is 11.8 Å². The summed E-state index contributed by atoms with van der Waals surface area (Å²) in [5.74, 6) is -0.669. The Kier molecular flexibility index (Phi) is 6.89. The number of ether oxygens (including phenoxy) is 1. The molecule has 0 heterocycles. The maximum atomic E-state index is 12.0. The topological polar surface area (TPSA) is 75.6 Å². The summed E-state index contributed by atoms with van der Waals surface area (Å²) in [6.45, 7) is 5.30. The first-order valence-electron chi connectivity index (χ1n) is 7.49. The van der Waals surface area contributed by atoms with Crippen LogP contribution in [0.15, 0.2) is 24.3 Å². The Balaban J connectivity index is 2.52. The Labute approximate surface area is 131 Å². The lowest BCUT2D eigenvalue weighted by Gasteiger charge is -2.19. The third-order valence-corrected chi connectivity index (χ3v) is 3.82. The first-order chi connectivity index (χ1) is 10.3. The van der Waals surface area contributed by atoms with Crippen molar-refractivity contribution in [3.63, 3.8) is 0 Å². The van der Waals surface area contributed by atoms with E-state index in [1.54, 1.807) is 21.0 Å². The summed E-state index contributed by atoms with van der Waals surface area (Å²) in [4.78, 5) is 22.9. The van der Waals surface area contributed by atoms with E-state index in [1.165, 1.54) is 0 Å². The molecule has 1 rings (SSSR count). The zero-order valence-corrected chi connectivity index (χ0v) is 13.6. The van der Waals surface area contributed by atoms with Crippen molar-refractivity contribution in [3.05, 3.63) is 29.8 Å². The fourth-order valence-electron chi connectivity index (χ4n) is 2.29. The summed E-state index contributed by atoms with van der Waals surface area (Å²) in [6.07, 6.45) is 1.09. The van der Waals surface area contributed by atoms with Crippen molar-refractivity contribution in [1.29, 1.82) is 0 Å². The number of hydrogen-bond acceptors (Lipinski definition) is 3. The number of carbonyl (C=O) groups excluding carboxylic acids is 1. The average molecular weight is 307 g/mol. The highest BCUT2D eigenvalue weighted by Gasteiger charge is 2.21. The van der Waals surface area contributed by atoms with E-state index in [0.29, 0.717) is 6.42 Å². The molecule has 0 saturated carbocycles. The van der Waals surface area contributed by atoms with E-state index in [0.717, 1.165) is 17.7 Å². The molecule has 0 bridgehead atoms. The third-order valence-electron chi connectivity index (χ3n) is 3.82. The van der Waals surface area contributed by atoms with E-state index in [-0.39, 0.29) is 17.9 Å². The summed E-state index contributed by atoms with van der Waals surface area (Å²) < 4.78 is 5.31. The molecule has 1 aromatic rings. The quantitative estimate of drug-likeness (QED) is 0.773. The minimum atomic E-state index is -0.908. The molecule has 0 aliphatic heterocycles. The van der Waals surface area contributed by atoms with Gasteiger partial charge in [0.15, 0.2) is 0 Å². The SMILES string of the molecule is COc1ccccc1CC(C)CC(=O)NC(C)C(C)C(=O)O. The van der Waals surface area contributed by atoms with Crippen LogP contribution in [-0.2, 0) is 16.0 Å². The molecule has 3 unspecified atom stereocenters. The molecule has 0 spiro atoms. The molecule has 0 aromatic heterocycles. The Bertz CT molecular complexity index is 515. The number of carbonyl (C=O) groups is 2. The van der Waals surface area contributed by atoms with Crippen molar-refractivity contribution in [2.45, 2.75) is 39.7 Å². The summed E-state index contributed by atoms with van der Waals surface area (Å²) in [5, 5.41) is 11.7. The van der Waals surface area contributed by atoms with Gasteiger partial charge in [-0.25, -0.2) is 0 Å². The standard InChI is InChI=1S/C17H25NO4/c1-11(9-14-7-5-6-8-15(14)22-4)10-16(19)18-13(3)12(2)17(20)21/h5-8,11-13H,9-10H2,1-4H3,(H,18,19)(H,20,21). The van der Waals surface area contributed by atoms with Gasteiger partial charge in [0.2, 0.25) is 5.91 Å². The average Bonchev–Trinajstić information content (AvgIpc) is 2.46. The smallest absolute Gasteiger partial charge is 0.308 e. The van der Waals surface area contributed by atoms with Gasteiger partial charge >= 0.3 is 5.97 Å². The number of amides is 1. The molecule has 22 heavy (non-hydrogen) atoms. The summed E-state index contributed by atoms with van der Waals surface area (Å²) in [5.41, 5.74) is 1.07. The number of benzene rings is 1. The second kappa shape index (κ2) is 8.41. The van der Waals surface area contributed by atoms with Crippen LogP contribution >= 0.6 is 0 Å². The molecule has 0 aliphatic rings. The van der Waals surface area contributed by atoms with Crippen LogP contribution in [0.3, 0.4) is 0 Å². The summed E-state index contributed by atoms with van der Waals surface area (Å²) in [7, 11) is 1.63. The molecule has 5 nitrogen and oxygen atoms in total. The monoisotopic (exact) mass is 307 g/mol. The Morgan fingerprint density at radius 2 is 1.86 bits per heavy atom. The number of para-hydroxylation sites is 1. The van der Waals surface area contributed by atoms with Gasteiger partial charge in [-0.2, -0.15) is 0 Å². The van der Waals surface area contributed by atoms with Crippen LogP contribution < -0.4 is 10.1 Å². The van der Waals surface area contributed by atoms with Gasteiger partial charge in [-0.05, 0) is 37.8 Å². The second-order valence-corrected chi connectivity index (χ2v) is 5.81. The van der Waals surface area contributed by atoms with Crippen molar-refractivity contribution < 1.29 is 19.4 Å². The van der Waals surface area contributed by atoms with Crippen molar-refractivity contribution in [2.75, 3.05) is 7.11 Å². The highest BCUT2D eigenvalue weighted by atomic mass is 16.5. The fraction of sp³-hybridized carbons (Fsp3) is 0.529. The lowest BCUT2D eigenvalue weighted by atomic mass is 9.96. The van der Waals surface area contributed by atoms with E-state index in [1.807, 2.05) is 31.2 Å². The molecule has 1 aromatic carbocycles. The number of methoxy groups -OCH3 is 1. The minimum Gasteiger partial charge on any atom is -0.496 e. The molecular weight excluding hydrogens is 282 g/mol. The van der Waals surface area contributed by atoms with E-state index in [9.17, 15) is 9.59 Å². The van der Waals surface area contributed by atoms with Crippen LogP contribution in [0.5, 0.6) is 5.75 Å². The molecule has 0 saturated heterocycles. The molecule has 5 heteroatoms. The highest BCUT2D eigenvalue weighted by Crippen LogP contribution is 2.22. The van der Waals surface area contributed by atoms with Crippen LogP contribution in [-0.4, -0.2) is 30.1 Å². The minimum absolute atomic E-state index is 0.122. The van der Waals surface area contributed by atoms with Gasteiger partial charge < -0.3 is 15.2 Å². The molecule has 0 fully saturated rings. The lowest BCUT2D eigenvalue weighted by molar-refractivity contribution is -0.142. The van der Waals surface area contributed by atoms with Crippen LogP contribution in [0.4, 0.5) is 0 Å². The molecule has 0 aliphatic carbocycles. The molecule has 2 N–H and O–H groups in total. The van der Waals surface area contributed by atoms with Gasteiger partial charge in [-0.1, -0.05) is 25.1 Å². The number of carboxylic acids is 1. The van der Waals surface area contributed by atoms with Crippen LogP contribution in [0.2, 0.25) is 0 Å². The maximum absolute atomic E-state index is 12.0. The van der Waals surface area contributed by atoms with Crippen molar-refractivity contribution in [3.8, 4) is 5.75 Å². The van der Waals surface area contributed by atoms with Crippen molar-refractivity contribution in [1.82, 2.24) is 5.32 Å². The van der Waals surface area contributed by atoms with Gasteiger partial charge in [0.05, 0.1) is 13.0 Å². The zero-order valence-electron chi connectivity index (χ0n) is 13.6. The lowest BCUT2D eigenvalue weighted by Crippen LogP contribution is -2.40. The number of hydrogen-bond donors (Lipinski definition) is 2. The summed E-state index contributed by atoms with van der Waals surface area (Å²) >= 11 is 0. The molecule has 1 amide bonds. The number of nitrogens with one attached hydrogen (secondary N) is 1. The van der Waals surface area contributed by atoms with Gasteiger partial charge in [0, 0.05) is 12.5 Å². The predicted molar refractivity (Wildman–Crippen MR) is 84.9 cm³/mol. The van der Waals surface area contributed by atoms with Gasteiger partial charge in [-0.15, -0.1) is 0 Å². The van der Waals surface area contributed by atoms with E-state index in [4.69, 9.17) is 9.84 Å². The zero-order chi connectivity index (χ0) is 16.7. The molecule has 0 radical (unpaired) electrons. The Hall–Kier alpha value is -2.04. The van der Waals surface area contributed by atoms with Gasteiger partial charge in [0.25, 0.3) is 0 Å². The molecular formula is C17H25NO4.